The Labute approximate surface area is 168 Å². The van der Waals surface area contributed by atoms with Crippen LogP contribution in [0.1, 0.15) is 51.5 Å². The molecule has 1 fully saturated rings. The number of likely N-dealkylation sites (tertiary alicyclic amines) is 1. The molecule has 7 nitrogen and oxygen atoms in total. The highest BCUT2D eigenvalue weighted by molar-refractivity contribution is 8.00. The van der Waals surface area contributed by atoms with Gasteiger partial charge in [-0.2, -0.15) is 0 Å². The van der Waals surface area contributed by atoms with Crippen LogP contribution in [0.4, 0.5) is 0 Å². The molecular weight excluding hydrogens is 378 g/mol. The first-order chi connectivity index (χ1) is 13.7. The number of hydrogen-bond donors (Lipinski definition) is 0. The van der Waals surface area contributed by atoms with E-state index in [1.54, 1.807) is 0 Å². The van der Waals surface area contributed by atoms with Crippen molar-refractivity contribution in [3.05, 3.63) is 30.2 Å². The van der Waals surface area contributed by atoms with Gasteiger partial charge in [0.15, 0.2) is 11.5 Å². The summed E-state index contributed by atoms with van der Waals surface area (Å²) in [6, 6.07) is 7.83. The van der Waals surface area contributed by atoms with Crippen LogP contribution < -0.4 is 9.47 Å². The molecule has 1 amide bonds. The van der Waals surface area contributed by atoms with Gasteiger partial charge in [0, 0.05) is 12.6 Å². The van der Waals surface area contributed by atoms with E-state index in [9.17, 15) is 4.79 Å². The molecule has 0 N–H and O–H groups in total. The molecule has 28 heavy (non-hydrogen) atoms. The monoisotopic (exact) mass is 403 g/mol. The lowest BCUT2D eigenvalue weighted by Gasteiger charge is -2.36. The molecule has 2 aromatic rings. The third kappa shape index (κ3) is 3.97. The standard InChI is InChI=1S/C20H25N3O4S/c1-3-14-8-6-7-11-23(14)19(24)13(2)28-20-22-21-18(27-20)17-12-25-15-9-4-5-10-16(15)26-17/h4-5,9-10,13-14,17H,3,6-8,11-12H2,1-2H3. The maximum Gasteiger partial charge on any atom is 0.277 e. The Kier molecular flexibility index (Phi) is 5.75. The van der Waals surface area contributed by atoms with Gasteiger partial charge >= 0.3 is 0 Å². The molecule has 1 saturated heterocycles. The van der Waals surface area contributed by atoms with Crippen molar-refractivity contribution in [1.29, 1.82) is 0 Å². The number of para-hydroxylation sites is 2. The fourth-order valence-corrected chi connectivity index (χ4v) is 4.45. The Morgan fingerprint density at radius 1 is 1.29 bits per heavy atom. The van der Waals surface area contributed by atoms with E-state index >= 15 is 0 Å². The van der Waals surface area contributed by atoms with E-state index in [-0.39, 0.29) is 11.2 Å². The van der Waals surface area contributed by atoms with Gasteiger partial charge in [0.25, 0.3) is 11.1 Å². The number of aromatic nitrogens is 2. The van der Waals surface area contributed by atoms with E-state index in [0.29, 0.717) is 35.3 Å². The molecule has 0 radical (unpaired) electrons. The highest BCUT2D eigenvalue weighted by Gasteiger charge is 2.31. The summed E-state index contributed by atoms with van der Waals surface area (Å²) in [6.07, 6.45) is 3.90. The van der Waals surface area contributed by atoms with Crippen molar-refractivity contribution in [1.82, 2.24) is 15.1 Å². The van der Waals surface area contributed by atoms with Gasteiger partial charge in [-0.25, -0.2) is 0 Å². The lowest BCUT2D eigenvalue weighted by molar-refractivity contribution is -0.134. The van der Waals surface area contributed by atoms with Crippen molar-refractivity contribution in [2.75, 3.05) is 13.2 Å². The van der Waals surface area contributed by atoms with E-state index < -0.39 is 6.10 Å². The zero-order valence-corrected chi connectivity index (χ0v) is 17.0. The van der Waals surface area contributed by atoms with Gasteiger partial charge < -0.3 is 18.8 Å². The number of piperidine rings is 1. The van der Waals surface area contributed by atoms with Crippen molar-refractivity contribution < 1.29 is 18.7 Å². The largest absolute Gasteiger partial charge is 0.485 e. The van der Waals surface area contributed by atoms with Crippen molar-refractivity contribution >= 4 is 17.7 Å². The van der Waals surface area contributed by atoms with Crippen LogP contribution in [0.3, 0.4) is 0 Å². The Morgan fingerprint density at radius 3 is 2.93 bits per heavy atom. The second-order valence-electron chi connectivity index (χ2n) is 7.12. The molecule has 0 saturated carbocycles. The number of benzene rings is 1. The van der Waals surface area contributed by atoms with E-state index in [1.165, 1.54) is 18.2 Å². The summed E-state index contributed by atoms with van der Waals surface area (Å²) in [5.41, 5.74) is 0. The van der Waals surface area contributed by atoms with Crippen LogP contribution in [0.15, 0.2) is 33.9 Å². The summed E-state index contributed by atoms with van der Waals surface area (Å²) in [6.45, 7) is 5.19. The van der Waals surface area contributed by atoms with Gasteiger partial charge in [-0.15, -0.1) is 10.2 Å². The van der Waals surface area contributed by atoms with Crippen LogP contribution in [0.2, 0.25) is 0 Å². The summed E-state index contributed by atoms with van der Waals surface area (Å²) in [4.78, 5) is 14.9. The van der Waals surface area contributed by atoms with Gasteiger partial charge in [-0.05, 0) is 44.7 Å². The summed E-state index contributed by atoms with van der Waals surface area (Å²) in [5.74, 6) is 1.87. The Hall–Kier alpha value is -2.22. The van der Waals surface area contributed by atoms with Crippen LogP contribution in [-0.4, -0.2) is 45.4 Å². The Balaban J connectivity index is 1.39. The van der Waals surface area contributed by atoms with E-state index in [0.717, 1.165) is 25.8 Å². The highest BCUT2D eigenvalue weighted by Crippen LogP contribution is 2.36. The van der Waals surface area contributed by atoms with Crippen LogP contribution in [0.25, 0.3) is 0 Å². The summed E-state index contributed by atoms with van der Waals surface area (Å²) >= 11 is 1.30. The van der Waals surface area contributed by atoms with E-state index in [2.05, 4.69) is 17.1 Å². The lowest BCUT2D eigenvalue weighted by atomic mass is 10.00. The molecule has 0 bridgehead atoms. The number of carbonyl (C=O) groups is 1. The Morgan fingerprint density at radius 2 is 2.11 bits per heavy atom. The molecule has 150 valence electrons. The number of ether oxygens (including phenoxy) is 2. The molecule has 1 aromatic heterocycles. The van der Waals surface area contributed by atoms with Gasteiger partial charge in [-0.1, -0.05) is 30.8 Å². The topological polar surface area (TPSA) is 77.7 Å². The zero-order valence-electron chi connectivity index (χ0n) is 16.2. The van der Waals surface area contributed by atoms with Crippen LogP contribution in [0.5, 0.6) is 11.5 Å². The minimum absolute atomic E-state index is 0.141. The van der Waals surface area contributed by atoms with Crippen LogP contribution in [-0.2, 0) is 4.79 Å². The molecule has 3 heterocycles. The number of carbonyl (C=O) groups excluding carboxylic acids is 1. The molecular formula is C20H25N3O4S. The molecule has 1 aromatic carbocycles. The average Bonchev–Trinajstić information content (AvgIpc) is 3.21. The predicted octanol–water partition coefficient (Wildman–Crippen LogP) is 3.85. The lowest BCUT2D eigenvalue weighted by Crippen LogP contribution is -2.46. The minimum atomic E-state index is -0.450. The van der Waals surface area contributed by atoms with Gasteiger partial charge in [0.2, 0.25) is 12.0 Å². The normalized spacial score (nSPS) is 22.7. The number of hydrogen-bond acceptors (Lipinski definition) is 7. The van der Waals surface area contributed by atoms with Crippen molar-refractivity contribution in [2.45, 2.75) is 62.1 Å². The fourth-order valence-electron chi connectivity index (χ4n) is 3.69. The second-order valence-corrected chi connectivity index (χ2v) is 8.41. The minimum Gasteiger partial charge on any atom is -0.485 e. The highest BCUT2D eigenvalue weighted by atomic mass is 32.2. The molecule has 0 spiro atoms. The summed E-state index contributed by atoms with van der Waals surface area (Å²) in [5, 5.41) is 8.30. The third-order valence-corrected chi connectivity index (χ3v) is 6.13. The average molecular weight is 404 g/mol. The van der Waals surface area contributed by atoms with E-state index in [1.807, 2.05) is 36.1 Å². The smallest absolute Gasteiger partial charge is 0.277 e. The number of thioether (sulfide) groups is 1. The first-order valence-electron chi connectivity index (χ1n) is 9.84. The van der Waals surface area contributed by atoms with Crippen LogP contribution >= 0.6 is 11.8 Å². The summed E-state index contributed by atoms with van der Waals surface area (Å²) < 4.78 is 17.4. The van der Waals surface area contributed by atoms with Crippen molar-refractivity contribution in [3.63, 3.8) is 0 Å². The van der Waals surface area contributed by atoms with Crippen LogP contribution in [0, 0.1) is 0 Å². The van der Waals surface area contributed by atoms with E-state index in [4.69, 9.17) is 13.9 Å². The maximum atomic E-state index is 12.9. The molecule has 4 rings (SSSR count). The number of nitrogens with zero attached hydrogens (tertiary/aromatic N) is 3. The second kappa shape index (κ2) is 8.43. The van der Waals surface area contributed by atoms with Gasteiger partial charge in [-0.3, -0.25) is 4.79 Å². The first-order valence-corrected chi connectivity index (χ1v) is 10.7. The molecule has 3 atom stereocenters. The molecule has 2 aliphatic rings. The van der Waals surface area contributed by atoms with Gasteiger partial charge in [0.05, 0.1) is 5.25 Å². The Bertz CT molecular complexity index is 827. The fraction of sp³-hybridized carbons (Fsp3) is 0.550. The third-order valence-electron chi connectivity index (χ3n) is 5.21. The SMILES string of the molecule is CCC1CCCCN1C(=O)C(C)Sc1nnc(C2COc3ccccc3O2)o1. The zero-order chi connectivity index (χ0) is 19.5. The predicted molar refractivity (Wildman–Crippen MR) is 105 cm³/mol. The van der Waals surface area contributed by atoms with Crippen molar-refractivity contribution in [2.24, 2.45) is 0 Å². The van der Waals surface area contributed by atoms with Crippen molar-refractivity contribution in [3.8, 4) is 11.5 Å². The van der Waals surface area contributed by atoms with Gasteiger partial charge in [0.1, 0.15) is 6.61 Å². The molecule has 3 unspecified atom stereocenters. The first kappa shape index (κ1) is 19.1. The number of fused-ring (bicyclic) bond motifs is 1. The molecule has 0 aliphatic carbocycles. The molecule has 2 aliphatic heterocycles. The quantitative estimate of drug-likeness (QED) is 0.702. The summed E-state index contributed by atoms with van der Waals surface area (Å²) in [7, 11) is 0. The number of amides is 1. The number of rotatable bonds is 5. The molecule has 8 heteroatoms. The maximum absolute atomic E-state index is 12.9.